The lowest BCUT2D eigenvalue weighted by Crippen LogP contribution is -2.47. The molecule has 7 nitrogen and oxygen atoms in total. The third-order valence-corrected chi connectivity index (χ3v) is 4.29. The summed E-state index contributed by atoms with van der Waals surface area (Å²) >= 11 is 0. The number of primary amides is 1. The first-order valence-corrected chi connectivity index (χ1v) is 7.04. The van der Waals surface area contributed by atoms with Crippen molar-refractivity contribution in [1.82, 2.24) is 10.2 Å². The van der Waals surface area contributed by atoms with E-state index in [1.165, 1.54) is 6.42 Å². The number of amides is 3. The first-order chi connectivity index (χ1) is 9.47. The van der Waals surface area contributed by atoms with Gasteiger partial charge < -0.3 is 21.1 Å². The Morgan fingerprint density at radius 1 is 1.25 bits per heavy atom. The van der Waals surface area contributed by atoms with Crippen LogP contribution in [0.5, 0.6) is 0 Å². The van der Waals surface area contributed by atoms with Gasteiger partial charge in [0.1, 0.15) is 6.04 Å². The van der Waals surface area contributed by atoms with Gasteiger partial charge in [0.15, 0.2) is 0 Å². The van der Waals surface area contributed by atoms with Gasteiger partial charge in [-0.2, -0.15) is 0 Å². The van der Waals surface area contributed by atoms with E-state index in [1.54, 1.807) is 4.90 Å². The summed E-state index contributed by atoms with van der Waals surface area (Å²) in [4.78, 5) is 35.5. The van der Waals surface area contributed by atoms with Gasteiger partial charge in [0, 0.05) is 19.5 Å². The SMILES string of the molecule is NC(=O)CC[C@@H](NC(=O)N1CC2CCCC2C1)C(=O)O. The fourth-order valence-electron chi connectivity index (χ4n) is 3.19. The number of hydrogen-bond acceptors (Lipinski definition) is 3. The molecule has 2 rings (SSSR count). The number of carboxylic acids is 1. The van der Waals surface area contributed by atoms with E-state index in [1.807, 2.05) is 0 Å². The van der Waals surface area contributed by atoms with Crippen LogP contribution in [0, 0.1) is 11.8 Å². The molecule has 0 spiro atoms. The number of carboxylic acid groups (broad SMARTS) is 1. The monoisotopic (exact) mass is 283 g/mol. The van der Waals surface area contributed by atoms with Crippen molar-refractivity contribution in [3.63, 3.8) is 0 Å². The Morgan fingerprint density at radius 2 is 1.85 bits per heavy atom. The minimum atomic E-state index is -1.14. The third kappa shape index (κ3) is 3.40. The molecule has 3 atom stereocenters. The Kier molecular flexibility index (Phi) is 4.46. The first-order valence-electron chi connectivity index (χ1n) is 7.04. The van der Waals surface area contributed by atoms with Gasteiger partial charge in [0.2, 0.25) is 5.91 Å². The number of likely N-dealkylation sites (tertiary alicyclic amines) is 1. The summed E-state index contributed by atoms with van der Waals surface area (Å²) in [7, 11) is 0. The third-order valence-electron chi connectivity index (χ3n) is 4.29. The maximum absolute atomic E-state index is 12.1. The van der Waals surface area contributed by atoms with Crippen molar-refractivity contribution in [3.8, 4) is 0 Å². The summed E-state index contributed by atoms with van der Waals surface area (Å²) in [5.41, 5.74) is 5.00. The molecule has 112 valence electrons. The van der Waals surface area contributed by atoms with Crippen LogP contribution in [0.4, 0.5) is 4.79 Å². The van der Waals surface area contributed by atoms with Crippen LogP contribution in [0.15, 0.2) is 0 Å². The quantitative estimate of drug-likeness (QED) is 0.666. The van der Waals surface area contributed by atoms with E-state index in [0.717, 1.165) is 12.8 Å². The molecule has 0 radical (unpaired) electrons. The van der Waals surface area contributed by atoms with Gasteiger partial charge in [0.25, 0.3) is 0 Å². The van der Waals surface area contributed by atoms with Crippen molar-refractivity contribution in [3.05, 3.63) is 0 Å². The number of hydrogen-bond donors (Lipinski definition) is 3. The van der Waals surface area contributed by atoms with Gasteiger partial charge in [-0.15, -0.1) is 0 Å². The molecule has 4 N–H and O–H groups in total. The van der Waals surface area contributed by atoms with Crippen LogP contribution in [0.25, 0.3) is 0 Å². The summed E-state index contributed by atoms with van der Waals surface area (Å²) in [6.45, 7) is 1.41. The van der Waals surface area contributed by atoms with Crippen molar-refractivity contribution in [2.45, 2.75) is 38.1 Å². The number of fused-ring (bicyclic) bond motifs is 1. The Morgan fingerprint density at radius 3 is 2.35 bits per heavy atom. The molecular formula is C13H21N3O4. The van der Waals surface area contributed by atoms with Gasteiger partial charge >= 0.3 is 12.0 Å². The number of nitrogens with one attached hydrogen (secondary N) is 1. The molecule has 1 aliphatic heterocycles. The van der Waals surface area contributed by atoms with Crippen LogP contribution in [0.1, 0.15) is 32.1 Å². The van der Waals surface area contributed by atoms with Gasteiger partial charge in [-0.05, 0) is 31.1 Å². The fraction of sp³-hybridized carbons (Fsp3) is 0.769. The second kappa shape index (κ2) is 6.11. The minimum absolute atomic E-state index is 0.0249. The average Bonchev–Trinajstić information content (AvgIpc) is 2.93. The topological polar surface area (TPSA) is 113 Å². The number of nitrogens with two attached hydrogens (primary N) is 1. The number of carbonyl (C=O) groups is 3. The molecular weight excluding hydrogens is 262 g/mol. The number of rotatable bonds is 5. The smallest absolute Gasteiger partial charge is 0.326 e. The zero-order valence-corrected chi connectivity index (χ0v) is 11.4. The molecule has 0 aromatic carbocycles. The lowest BCUT2D eigenvalue weighted by molar-refractivity contribution is -0.139. The van der Waals surface area contributed by atoms with Crippen molar-refractivity contribution in [2.24, 2.45) is 17.6 Å². The molecule has 0 aromatic rings. The standard InChI is InChI=1S/C13H21N3O4/c14-11(17)5-4-10(12(18)19)15-13(20)16-6-8-2-1-3-9(8)7-16/h8-10H,1-7H2,(H2,14,17)(H,15,20)(H,18,19)/t8?,9?,10-/m1/s1. The second-order valence-corrected chi connectivity index (χ2v) is 5.70. The summed E-state index contributed by atoms with van der Waals surface area (Å²) in [5, 5.41) is 11.5. The molecule has 3 amide bonds. The summed E-state index contributed by atoms with van der Waals surface area (Å²) in [5.74, 6) is -0.579. The van der Waals surface area contributed by atoms with Gasteiger partial charge in [-0.25, -0.2) is 9.59 Å². The highest BCUT2D eigenvalue weighted by atomic mass is 16.4. The minimum Gasteiger partial charge on any atom is -0.480 e. The molecule has 2 fully saturated rings. The van der Waals surface area contributed by atoms with E-state index in [2.05, 4.69) is 5.32 Å². The highest BCUT2D eigenvalue weighted by Crippen LogP contribution is 2.37. The van der Waals surface area contributed by atoms with Gasteiger partial charge in [-0.1, -0.05) is 6.42 Å². The molecule has 1 saturated carbocycles. The van der Waals surface area contributed by atoms with E-state index < -0.39 is 17.9 Å². The normalized spacial score (nSPS) is 26.1. The fourth-order valence-corrected chi connectivity index (χ4v) is 3.19. The lowest BCUT2D eigenvalue weighted by Gasteiger charge is -2.21. The Labute approximate surface area is 117 Å². The van der Waals surface area contributed by atoms with E-state index in [0.29, 0.717) is 24.9 Å². The predicted octanol–water partition coefficient (Wildman–Crippen LogP) is 0.147. The largest absolute Gasteiger partial charge is 0.480 e. The zero-order valence-electron chi connectivity index (χ0n) is 11.4. The number of urea groups is 1. The van der Waals surface area contributed by atoms with Crippen LogP contribution < -0.4 is 11.1 Å². The van der Waals surface area contributed by atoms with E-state index in [9.17, 15) is 14.4 Å². The molecule has 1 heterocycles. The maximum Gasteiger partial charge on any atom is 0.326 e. The molecule has 1 aliphatic carbocycles. The van der Waals surface area contributed by atoms with E-state index in [4.69, 9.17) is 10.8 Å². The summed E-state index contributed by atoms with van der Waals surface area (Å²) in [6.07, 6.45) is 3.50. The molecule has 1 saturated heterocycles. The highest BCUT2D eigenvalue weighted by Gasteiger charge is 2.38. The van der Waals surface area contributed by atoms with Crippen molar-refractivity contribution >= 4 is 17.9 Å². The van der Waals surface area contributed by atoms with Crippen LogP contribution in [-0.4, -0.2) is 47.0 Å². The molecule has 0 bridgehead atoms. The van der Waals surface area contributed by atoms with Crippen molar-refractivity contribution < 1.29 is 19.5 Å². The number of carbonyl (C=O) groups excluding carboxylic acids is 2. The van der Waals surface area contributed by atoms with Crippen LogP contribution in [0.3, 0.4) is 0 Å². The molecule has 20 heavy (non-hydrogen) atoms. The molecule has 0 aromatic heterocycles. The van der Waals surface area contributed by atoms with Crippen LogP contribution >= 0.6 is 0 Å². The summed E-state index contributed by atoms with van der Waals surface area (Å²) in [6, 6.07) is -1.41. The maximum atomic E-state index is 12.1. The molecule has 2 aliphatic rings. The van der Waals surface area contributed by atoms with E-state index >= 15 is 0 Å². The summed E-state index contributed by atoms with van der Waals surface area (Å²) < 4.78 is 0. The average molecular weight is 283 g/mol. The van der Waals surface area contributed by atoms with Crippen LogP contribution in [-0.2, 0) is 9.59 Å². The van der Waals surface area contributed by atoms with Crippen molar-refractivity contribution in [1.29, 1.82) is 0 Å². The number of nitrogens with zero attached hydrogens (tertiary/aromatic N) is 1. The van der Waals surface area contributed by atoms with Crippen LogP contribution in [0.2, 0.25) is 0 Å². The Hall–Kier alpha value is -1.79. The second-order valence-electron chi connectivity index (χ2n) is 5.70. The zero-order chi connectivity index (χ0) is 14.7. The Balaban J connectivity index is 1.85. The van der Waals surface area contributed by atoms with E-state index in [-0.39, 0.29) is 18.9 Å². The van der Waals surface area contributed by atoms with Gasteiger partial charge in [-0.3, -0.25) is 4.79 Å². The van der Waals surface area contributed by atoms with Crippen molar-refractivity contribution in [2.75, 3.05) is 13.1 Å². The Bertz CT molecular complexity index is 400. The number of aliphatic carboxylic acids is 1. The molecule has 7 heteroatoms. The lowest BCUT2D eigenvalue weighted by atomic mass is 10.0. The molecule has 2 unspecified atom stereocenters. The highest BCUT2D eigenvalue weighted by molar-refractivity contribution is 5.83. The predicted molar refractivity (Wildman–Crippen MR) is 70.8 cm³/mol. The first kappa shape index (κ1) is 14.6. The van der Waals surface area contributed by atoms with Gasteiger partial charge in [0.05, 0.1) is 0 Å².